The molecule has 0 spiro atoms. The van der Waals surface area contributed by atoms with Gasteiger partial charge in [-0.1, -0.05) is 6.42 Å². The Balaban J connectivity index is 1.69. The molecule has 0 radical (unpaired) electrons. The Hall–Kier alpha value is -0.170. The zero-order valence-electron chi connectivity index (χ0n) is 12.8. The van der Waals surface area contributed by atoms with Gasteiger partial charge in [-0.3, -0.25) is 0 Å². The van der Waals surface area contributed by atoms with Crippen LogP contribution < -0.4 is 10.6 Å². The Kier molecular flexibility index (Phi) is 5.84. The SMILES string of the molecule is CC(CC1CCCCN1)NC1CCN(S(C)(=O)=O)CC1. The molecule has 20 heavy (non-hydrogen) atoms. The molecular formula is C14H29N3O2S. The molecule has 2 unspecified atom stereocenters. The van der Waals surface area contributed by atoms with E-state index in [2.05, 4.69) is 17.6 Å². The number of rotatable bonds is 5. The van der Waals surface area contributed by atoms with Crippen LogP contribution >= 0.6 is 0 Å². The molecule has 5 nitrogen and oxygen atoms in total. The van der Waals surface area contributed by atoms with E-state index >= 15 is 0 Å². The minimum absolute atomic E-state index is 0.464. The largest absolute Gasteiger partial charge is 0.314 e. The maximum Gasteiger partial charge on any atom is 0.211 e. The number of nitrogens with one attached hydrogen (secondary N) is 2. The van der Waals surface area contributed by atoms with E-state index in [1.807, 2.05) is 0 Å². The first-order valence-corrected chi connectivity index (χ1v) is 9.74. The average Bonchev–Trinajstić information content (AvgIpc) is 2.39. The average molecular weight is 303 g/mol. The van der Waals surface area contributed by atoms with E-state index in [-0.39, 0.29) is 0 Å². The molecule has 118 valence electrons. The van der Waals surface area contributed by atoms with Gasteiger partial charge in [-0.25, -0.2) is 12.7 Å². The lowest BCUT2D eigenvalue weighted by molar-refractivity contribution is 0.261. The molecule has 0 aromatic carbocycles. The summed E-state index contributed by atoms with van der Waals surface area (Å²) in [6.07, 6.45) is 8.27. The zero-order valence-corrected chi connectivity index (χ0v) is 13.6. The normalized spacial score (nSPS) is 28.4. The van der Waals surface area contributed by atoms with E-state index in [1.54, 1.807) is 4.31 Å². The van der Waals surface area contributed by atoms with Gasteiger partial charge in [-0.05, 0) is 45.6 Å². The van der Waals surface area contributed by atoms with Crippen LogP contribution in [0.5, 0.6) is 0 Å². The van der Waals surface area contributed by atoms with Crippen LogP contribution in [0.2, 0.25) is 0 Å². The monoisotopic (exact) mass is 303 g/mol. The molecule has 0 amide bonds. The van der Waals surface area contributed by atoms with Gasteiger partial charge in [-0.2, -0.15) is 0 Å². The summed E-state index contributed by atoms with van der Waals surface area (Å²) < 4.78 is 24.5. The Morgan fingerprint density at radius 1 is 1.25 bits per heavy atom. The minimum atomic E-state index is -3.00. The van der Waals surface area contributed by atoms with Crippen molar-refractivity contribution in [1.82, 2.24) is 14.9 Å². The fourth-order valence-corrected chi connectivity index (χ4v) is 4.25. The number of nitrogens with zero attached hydrogens (tertiary/aromatic N) is 1. The third kappa shape index (κ3) is 4.98. The van der Waals surface area contributed by atoms with E-state index in [9.17, 15) is 8.42 Å². The molecule has 0 aromatic heterocycles. The van der Waals surface area contributed by atoms with E-state index in [0.717, 1.165) is 19.4 Å². The Bertz CT molecular complexity index is 385. The molecule has 2 aliphatic heterocycles. The molecule has 2 aliphatic rings. The standard InChI is InChI=1S/C14H29N3O2S/c1-12(11-14-5-3-4-8-15-14)16-13-6-9-17(10-7-13)20(2,18)19/h12-16H,3-11H2,1-2H3. The van der Waals surface area contributed by atoms with Crippen molar-refractivity contribution < 1.29 is 8.42 Å². The van der Waals surface area contributed by atoms with E-state index in [4.69, 9.17) is 0 Å². The summed E-state index contributed by atoms with van der Waals surface area (Å²) in [5.41, 5.74) is 0. The van der Waals surface area contributed by atoms with Crippen molar-refractivity contribution in [2.45, 2.75) is 63.6 Å². The predicted molar refractivity (Wildman–Crippen MR) is 82.3 cm³/mol. The van der Waals surface area contributed by atoms with Gasteiger partial charge in [0.1, 0.15) is 0 Å². The smallest absolute Gasteiger partial charge is 0.211 e. The van der Waals surface area contributed by atoms with Crippen LogP contribution in [0.4, 0.5) is 0 Å². The molecular weight excluding hydrogens is 274 g/mol. The van der Waals surface area contributed by atoms with Crippen molar-refractivity contribution >= 4 is 10.0 Å². The van der Waals surface area contributed by atoms with E-state index in [1.165, 1.54) is 31.9 Å². The topological polar surface area (TPSA) is 61.4 Å². The predicted octanol–water partition coefficient (Wildman–Crippen LogP) is 0.921. The van der Waals surface area contributed by atoms with Gasteiger partial charge in [0.25, 0.3) is 0 Å². The summed E-state index contributed by atoms with van der Waals surface area (Å²) in [6, 6.07) is 1.62. The minimum Gasteiger partial charge on any atom is -0.314 e. The van der Waals surface area contributed by atoms with Crippen molar-refractivity contribution in [3.05, 3.63) is 0 Å². The first-order chi connectivity index (χ1) is 9.45. The van der Waals surface area contributed by atoms with Crippen LogP contribution in [0.15, 0.2) is 0 Å². The molecule has 2 fully saturated rings. The fraction of sp³-hybridized carbons (Fsp3) is 1.00. The molecule has 2 saturated heterocycles. The van der Waals surface area contributed by atoms with Crippen LogP contribution in [0.25, 0.3) is 0 Å². The summed E-state index contributed by atoms with van der Waals surface area (Å²) in [5.74, 6) is 0. The van der Waals surface area contributed by atoms with Gasteiger partial charge < -0.3 is 10.6 Å². The highest BCUT2D eigenvalue weighted by molar-refractivity contribution is 7.88. The van der Waals surface area contributed by atoms with Crippen molar-refractivity contribution in [3.63, 3.8) is 0 Å². The van der Waals surface area contributed by atoms with Crippen molar-refractivity contribution in [1.29, 1.82) is 0 Å². The van der Waals surface area contributed by atoms with Crippen molar-refractivity contribution in [3.8, 4) is 0 Å². The van der Waals surface area contributed by atoms with Gasteiger partial charge in [0.05, 0.1) is 6.26 Å². The summed E-state index contributed by atoms with van der Waals surface area (Å²) in [5, 5.41) is 7.26. The lowest BCUT2D eigenvalue weighted by Crippen LogP contribution is -2.48. The molecule has 2 heterocycles. The molecule has 0 saturated carbocycles. The third-order valence-electron chi connectivity index (χ3n) is 4.49. The van der Waals surface area contributed by atoms with E-state index in [0.29, 0.717) is 31.2 Å². The quantitative estimate of drug-likeness (QED) is 0.793. The first kappa shape index (κ1) is 16.2. The number of sulfonamides is 1. The summed E-state index contributed by atoms with van der Waals surface area (Å²) in [4.78, 5) is 0. The van der Waals surface area contributed by atoms with Crippen LogP contribution in [0, 0.1) is 0 Å². The number of hydrogen-bond donors (Lipinski definition) is 2. The molecule has 0 aliphatic carbocycles. The summed E-state index contributed by atoms with van der Waals surface area (Å²) in [6.45, 7) is 4.72. The van der Waals surface area contributed by atoms with Gasteiger partial charge in [-0.15, -0.1) is 0 Å². The second-order valence-corrected chi connectivity index (χ2v) is 8.37. The maximum absolute atomic E-state index is 11.5. The van der Waals surface area contributed by atoms with Crippen molar-refractivity contribution in [2.24, 2.45) is 0 Å². The zero-order chi connectivity index (χ0) is 14.6. The van der Waals surface area contributed by atoms with Crippen LogP contribution in [0.1, 0.15) is 45.4 Å². The van der Waals surface area contributed by atoms with E-state index < -0.39 is 10.0 Å². The van der Waals surface area contributed by atoms with Gasteiger partial charge in [0.2, 0.25) is 10.0 Å². The third-order valence-corrected chi connectivity index (χ3v) is 5.80. The number of piperidine rings is 2. The summed E-state index contributed by atoms with van der Waals surface area (Å²) in [7, 11) is -3.00. The Labute approximate surface area is 123 Å². The number of hydrogen-bond acceptors (Lipinski definition) is 4. The molecule has 0 aromatic rings. The molecule has 6 heteroatoms. The lowest BCUT2D eigenvalue weighted by atomic mass is 9.97. The fourth-order valence-electron chi connectivity index (χ4n) is 3.38. The van der Waals surface area contributed by atoms with Gasteiger partial charge >= 0.3 is 0 Å². The van der Waals surface area contributed by atoms with Gasteiger partial charge in [0, 0.05) is 31.2 Å². The van der Waals surface area contributed by atoms with Crippen LogP contribution in [0.3, 0.4) is 0 Å². The van der Waals surface area contributed by atoms with Crippen LogP contribution in [-0.2, 0) is 10.0 Å². The summed E-state index contributed by atoms with van der Waals surface area (Å²) >= 11 is 0. The molecule has 2 atom stereocenters. The highest BCUT2D eigenvalue weighted by atomic mass is 32.2. The molecule has 2 N–H and O–H groups in total. The van der Waals surface area contributed by atoms with Crippen LogP contribution in [-0.4, -0.2) is 56.7 Å². The van der Waals surface area contributed by atoms with Gasteiger partial charge in [0.15, 0.2) is 0 Å². The molecule has 0 bridgehead atoms. The first-order valence-electron chi connectivity index (χ1n) is 7.89. The Morgan fingerprint density at radius 3 is 2.50 bits per heavy atom. The van der Waals surface area contributed by atoms with Crippen molar-refractivity contribution in [2.75, 3.05) is 25.9 Å². The highest BCUT2D eigenvalue weighted by Gasteiger charge is 2.26. The highest BCUT2D eigenvalue weighted by Crippen LogP contribution is 2.16. The second kappa shape index (κ2) is 7.20. The lowest BCUT2D eigenvalue weighted by Gasteiger charge is -2.34. The molecule has 2 rings (SSSR count). The Morgan fingerprint density at radius 2 is 1.95 bits per heavy atom. The maximum atomic E-state index is 11.5. The second-order valence-electron chi connectivity index (χ2n) is 6.39.